The molecule has 2 fully saturated rings. The number of halogens is 1. The number of ether oxygens (including phenoxy) is 2. The van der Waals surface area contributed by atoms with Gasteiger partial charge in [0.2, 0.25) is 11.8 Å². The summed E-state index contributed by atoms with van der Waals surface area (Å²) < 4.78 is 25.8. The number of rotatable bonds is 3. The fourth-order valence-corrected chi connectivity index (χ4v) is 3.53. The first-order chi connectivity index (χ1) is 13.6. The van der Waals surface area contributed by atoms with E-state index in [0.29, 0.717) is 38.1 Å². The number of carbonyl (C=O) groups excluding carboxylic acids is 3. The second-order valence-corrected chi connectivity index (χ2v) is 8.47. The first-order valence-corrected chi connectivity index (χ1v) is 9.90. The normalized spacial score (nSPS) is 21.0. The molecule has 2 heterocycles. The van der Waals surface area contributed by atoms with Gasteiger partial charge in [0.05, 0.1) is 5.92 Å². The Labute approximate surface area is 169 Å². The van der Waals surface area contributed by atoms with Gasteiger partial charge in [-0.25, -0.2) is 9.18 Å². The van der Waals surface area contributed by atoms with Crippen molar-refractivity contribution < 1.29 is 28.2 Å². The monoisotopic (exact) mass is 406 g/mol. The summed E-state index contributed by atoms with van der Waals surface area (Å²) in [5.74, 6) is -1.61. The molecule has 0 bridgehead atoms. The fourth-order valence-electron chi connectivity index (χ4n) is 3.53. The van der Waals surface area contributed by atoms with Crippen LogP contribution in [0.4, 0.5) is 9.18 Å². The van der Waals surface area contributed by atoms with Crippen molar-refractivity contribution in [3.63, 3.8) is 0 Å². The lowest BCUT2D eigenvalue weighted by Crippen LogP contribution is -2.44. The SMILES string of the molecule is CC(C)(C)OC(=O)N1CCC(Oc2ccc(C3CCC(=O)NC3=O)c(F)c2)CC1. The Morgan fingerprint density at radius 2 is 1.86 bits per heavy atom. The predicted octanol–water partition coefficient (Wildman–Crippen LogP) is 3.12. The number of hydrogen-bond donors (Lipinski definition) is 1. The number of hydrogen-bond acceptors (Lipinski definition) is 5. The van der Waals surface area contributed by atoms with E-state index in [2.05, 4.69) is 5.32 Å². The summed E-state index contributed by atoms with van der Waals surface area (Å²) in [5, 5.41) is 2.24. The van der Waals surface area contributed by atoms with Crippen molar-refractivity contribution in [2.24, 2.45) is 0 Å². The average molecular weight is 406 g/mol. The molecular formula is C21H27FN2O5. The van der Waals surface area contributed by atoms with Crippen molar-refractivity contribution in [3.05, 3.63) is 29.6 Å². The Bertz CT molecular complexity index is 797. The molecular weight excluding hydrogens is 379 g/mol. The zero-order chi connectivity index (χ0) is 21.2. The van der Waals surface area contributed by atoms with E-state index >= 15 is 0 Å². The minimum Gasteiger partial charge on any atom is -0.490 e. The third kappa shape index (κ3) is 5.46. The van der Waals surface area contributed by atoms with Crippen LogP contribution in [-0.2, 0) is 14.3 Å². The number of imide groups is 1. The molecule has 29 heavy (non-hydrogen) atoms. The third-order valence-electron chi connectivity index (χ3n) is 4.98. The molecule has 2 aliphatic rings. The van der Waals surface area contributed by atoms with Crippen LogP contribution in [-0.4, -0.2) is 47.6 Å². The molecule has 0 saturated carbocycles. The molecule has 8 heteroatoms. The Hall–Kier alpha value is -2.64. The van der Waals surface area contributed by atoms with Crippen LogP contribution in [0.3, 0.4) is 0 Å². The summed E-state index contributed by atoms with van der Waals surface area (Å²) in [5.41, 5.74) is -0.270. The van der Waals surface area contributed by atoms with Crippen LogP contribution in [0.25, 0.3) is 0 Å². The van der Waals surface area contributed by atoms with E-state index in [-0.39, 0.29) is 30.1 Å². The molecule has 1 unspecified atom stereocenters. The van der Waals surface area contributed by atoms with Gasteiger partial charge in [-0.3, -0.25) is 14.9 Å². The summed E-state index contributed by atoms with van der Waals surface area (Å²) in [6.45, 7) is 6.50. The summed E-state index contributed by atoms with van der Waals surface area (Å²) in [4.78, 5) is 37.0. The Morgan fingerprint density at radius 1 is 1.17 bits per heavy atom. The van der Waals surface area contributed by atoms with Gasteiger partial charge in [0, 0.05) is 44.0 Å². The van der Waals surface area contributed by atoms with Crippen LogP contribution in [0.1, 0.15) is 57.9 Å². The molecule has 0 radical (unpaired) electrons. The van der Waals surface area contributed by atoms with Gasteiger partial charge in [-0.15, -0.1) is 0 Å². The minimum atomic E-state index is -0.668. The number of amides is 3. The van der Waals surface area contributed by atoms with Crippen LogP contribution in [0.2, 0.25) is 0 Å². The molecule has 1 N–H and O–H groups in total. The highest BCUT2D eigenvalue weighted by atomic mass is 19.1. The van der Waals surface area contributed by atoms with Gasteiger partial charge in [-0.1, -0.05) is 6.07 Å². The Balaban J connectivity index is 1.55. The van der Waals surface area contributed by atoms with E-state index in [0.717, 1.165) is 0 Å². The van der Waals surface area contributed by atoms with E-state index in [1.807, 2.05) is 20.8 Å². The van der Waals surface area contributed by atoms with Crippen molar-refractivity contribution in [1.82, 2.24) is 10.2 Å². The zero-order valence-corrected chi connectivity index (χ0v) is 17.0. The van der Waals surface area contributed by atoms with E-state index in [1.165, 1.54) is 6.07 Å². The number of benzene rings is 1. The van der Waals surface area contributed by atoms with Crippen LogP contribution in [0, 0.1) is 5.82 Å². The number of carbonyl (C=O) groups is 3. The van der Waals surface area contributed by atoms with Crippen LogP contribution in [0.5, 0.6) is 5.75 Å². The second-order valence-electron chi connectivity index (χ2n) is 8.47. The quantitative estimate of drug-likeness (QED) is 0.780. The highest BCUT2D eigenvalue weighted by Crippen LogP contribution is 2.30. The van der Waals surface area contributed by atoms with Crippen molar-refractivity contribution >= 4 is 17.9 Å². The van der Waals surface area contributed by atoms with Crippen LogP contribution in [0.15, 0.2) is 18.2 Å². The second kappa shape index (κ2) is 8.39. The maximum absolute atomic E-state index is 14.6. The van der Waals surface area contributed by atoms with E-state index in [4.69, 9.17) is 9.47 Å². The number of piperidine rings is 2. The largest absolute Gasteiger partial charge is 0.490 e. The third-order valence-corrected chi connectivity index (χ3v) is 4.98. The molecule has 7 nitrogen and oxygen atoms in total. The van der Waals surface area contributed by atoms with Crippen LogP contribution < -0.4 is 10.1 Å². The lowest BCUT2D eigenvalue weighted by atomic mass is 9.90. The molecule has 3 rings (SSSR count). The van der Waals surface area contributed by atoms with Crippen molar-refractivity contribution in [2.75, 3.05) is 13.1 Å². The zero-order valence-electron chi connectivity index (χ0n) is 17.0. The fraction of sp³-hybridized carbons (Fsp3) is 0.571. The van der Waals surface area contributed by atoms with Gasteiger partial charge in [-0.2, -0.15) is 0 Å². The molecule has 1 aromatic carbocycles. The molecule has 1 atom stereocenters. The van der Waals surface area contributed by atoms with Gasteiger partial charge >= 0.3 is 6.09 Å². The maximum atomic E-state index is 14.6. The predicted molar refractivity (Wildman–Crippen MR) is 103 cm³/mol. The highest BCUT2D eigenvalue weighted by molar-refractivity contribution is 6.00. The summed E-state index contributed by atoms with van der Waals surface area (Å²) in [6.07, 6.45) is 1.27. The molecule has 158 valence electrons. The molecule has 0 aromatic heterocycles. The lowest BCUT2D eigenvalue weighted by molar-refractivity contribution is -0.134. The summed E-state index contributed by atoms with van der Waals surface area (Å²) in [7, 11) is 0. The van der Waals surface area contributed by atoms with Gasteiger partial charge in [-0.05, 0) is 33.3 Å². The van der Waals surface area contributed by atoms with E-state index < -0.39 is 23.2 Å². The van der Waals surface area contributed by atoms with Gasteiger partial charge in [0.25, 0.3) is 0 Å². The molecule has 3 amide bonds. The standard InChI is InChI=1S/C21H27FN2O5/c1-21(2,3)29-20(27)24-10-8-13(9-11-24)28-14-4-5-15(17(22)12-14)16-6-7-18(25)23-19(16)26/h4-5,12-13,16H,6-11H2,1-3H3,(H,23,25,26). The van der Waals surface area contributed by atoms with Crippen LogP contribution >= 0.6 is 0 Å². The van der Waals surface area contributed by atoms with E-state index in [9.17, 15) is 18.8 Å². The topological polar surface area (TPSA) is 84.9 Å². The number of nitrogens with zero attached hydrogens (tertiary/aromatic N) is 1. The number of nitrogens with one attached hydrogen (secondary N) is 1. The molecule has 0 aliphatic carbocycles. The Kier molecular flexibility index (Phi) is 6.10. The summed E-state index contributed by atoms with van der Waals surface area (Å²) >= 11 is 0. The molecule has 2 saturated heterocycles. The lowest BCUT2D eigenvalue weighted by Gasteiger charge is -2.33. The summed E-state index contributed by atoms with van der Waals surface area (Å²) in [6, 6.07) is 4.46. The van der Waals surface area contributed by atoms with Gasteiger partial charge in [0.15, 0.2) is 0 Å². The van der Waals surface area contributed by atoms with Gasteiger partial charge in [0.1, 0.15) is 23.3 Å². The minimum absolute atomic E-state index is 0.130. The average Bonchev–Trinajstić information content (AvgIpc) is 2.62. The first kappa shape index (κ1) is 21.1. The highest BCUT2D eigenvalue weighted by Gasteiger charge is 2.31. The van der Waals surface area contributed by atoms with Crippen molar-refractivity contribution in [1.29, 1.82) is 0 Å². The molecule has 2 aliphatic heterocycles. The van der Waals surface area contributed by atoms with Crippen molar-refractivity contribution in [3.8, 4) is 5.75 Å². The van der Waals surface area contributed by atoms with E-state index in [1.54, 1.807) is 17.0 Å². The number of likely N-dealkylation sites (tertiary alicyclic amines) is 1. The maximum Gasteiger partial charge on any atom is 0.410 e. The van der Waals surface area contributed by atoms with Crippen molar-refractivity contribution in [2.45, 2.75) is 64.1 Å². The van der Waals surface area contributed by atoms with Gasteiger partial charge < -0.3 is 14.4 Å². The molecule has 0 spiro atoms. The molecule has 1 aromatic rings. The smallest absolute Gasteiger partial charge is 0.410 e. The first-order valence-electron chi connectivity index (χ1n) is 9.90. The Morgan fingerprint density at radius 3 is 2.45 bits per heavy atom.